The summed E-state index contributed by atoms with van der Waals surface area (Å²) in [5.41, 5.74) is 0.860. The fraction of sp³-hybridized carbons (Fsp3) is 0.200. The van der Waals surface area contributed by atoms with Crippen LogP contribution in [0, 0.1) is 0 Å². The van der Waals surface area contributed by atoms with Gasteiger partial charge >= 0.3 is 6.03 Å². The van der Waals surface area contributed by atoms with E-state index >= 15 is 0 Å². The van der Waals surface area contributed by atoms with Crippen LogP contribution in [-0.4, -0.2) is 31.9 Å². The van der Waals surface area contributed by atoms with E-state index < -0.39 is 6.03 Å². The molecule has 2 amide bonds. The highest BCUT2D eigenvalue weighted by atomic mass is 35.5. The number of benzene rings is 2. The summed E-state index contributed by atoms with van der Waals surface area (Å²) in [7, 11) is 6.24. The number of amides is 2. The van der Waals surface area contributed by atoms with Crippen molar-refractivity contribution in [2.45, 2.75) is 0 Å². The van der Waals surface area contributed by atoms with Crippen molar-refractivity contribution in [3.05, 3.63) is 58.0 Å². The van der Waals surface area contributed by atoms with E-state index in [0.29, 0.717) is 38.7 Å². The highest BCUT2D eigenvalue weighted by molar-refractivity contribution is 6.32. The Hall–Kier alpha value is -3.19. The first-order valence-corrected chi connectivity index (χ1v) is 8.79. The van der Waals surface area contributed by atoms with Gasteiger partial charge in [-0.05, 0) is 12.1 Å². The van der Waals surface area contributed by atoms with E-state index in [0.717, 1.165) is 0 Å². The summed E-state index contributed by atoms with van der Waals surface area (Å²) in [6, 6.07) is 9.91. The van der Waals surface area contributed by atoms with Gasteiger partial charge in [0.25, 0.3) is 5.56 Å². The molecule has 28 heavy (non-hydrogen) atoms. The maximum atomic E-state index is 12.9. The van der Waals surface area contributed by atoms with Gasteiger partial charge in [0.2, 0.25) is 0 Å². The van der Waals surface area contributed by atoms with E-state index in [-0.39, 0.29) is 5.56 Å². The molecule has 0 spiro atoms. The summed E-state index contributed by atoms with van der Waals surface area (Å²) in [4.78, 5) is 26.6. The number of carbonyl (C=O) groups is 1. The minimum Gasteiger partial charge on any atom is -0.495 e. The van der Waals surface area contributed by atoms with Crippen molar-refractivity contribution in [2.24, 2.45) is 7.05 Å². The fourth-order valence-corrected chi connectivity index (χ4v) is 3.17. The molecule has 3 aromatic rings. The van der Waals surface area contributed by atoms with Crippen LogP contribution in [-0.2, 0) is 7.05 Å². The zero-order valence-electron chi connectivity index (χ0n) is 15.9. The predicted molar refractivity (Wildman–Crippen MR) is 111 cm³/mol. The largest absolute Gasteiger partial charge is 0.495 e. The number of nitrogens with one attached hydrogen (secondary N) is 1. The smallest absolute Gasteiger partial charge is 0.326 e. The third-order valence-electron chi connectivity index (χ3n) is 4.45. The third kappa shape index (κ3) is 3.48. The van der Waals surface area contributed by atoms with Crippen LogP contribution in [0.2, 0.25) is 5.02 Å². The molecule has 7 nitrogen and oxygen atoms in total. The monoisotopic (exact) mass is 401 g/mol. The molecule has 0 aliphatic heterocycles. The molecule has 1 heterocycles. The van der Waals surface area contributed by atoms with Crippen LogP contribution in [0.1, 0.15) is 0 Å². The molecule has 8 heteroatoms. The van der Waals surface area contributed by atoms with Crippen molar-refractivity contribution >= 4 is 39.8 Å². The van der Waals surface area contributed by atoms with E-state index in [4.69, 9.17) is 21.1 Å². The highest BCUT2D eigenvalue weighted by Gasteiger charge is 2.19. The second-order valence-electron chi connectivity index (χ2n) is 6.15. The lowest BCUT2D eigenvalue weighted by Gasteiger charge is -2.22. The number of methoxy groups -OCH3 is 2. The van der Waals surface area contributed by atoms with Crippen molar-refractivity contribution in [3.8, 4) is 11.5 Å². The molecule has 0 saturated carbocycles. The second-order valence-corrected chi connectivity index (χ2v) is 6.56. The first-order valence-electron chi connectivity index (χ1n) is 8.42. The highest BCUT2D eigenvalue weighted by Crippen LogP contribution is 2.37. The molecule has 0 unspecified atom stereocenters. The Balaban J connectivity index is 1.99. The number of aromatic nitrogens is 1. The maximum Gasteiger partial charge on any atom is 0.326 e. The summed E-state index contributed by atoms with van der Waals surface area (Å²) >= 11 is 6.21. The standard InChI is InChI=1S/C20H20ClN3O4/c1-23-11-15(12-7-5-6-8-13(12)19(23)25)22-20(26)24(2)16-9-14(21)17(27-3)10-18(16)28-4/h5-11H,1-4H3,(H,22,26). The van der Waals surface area contributed by atoms with Crippen LogP contribution in [0.15, 0.2) is 47.4 Å². The molecular weight excluding hydrogens is 382 g/mol. The first-order chi connectivity index (χ1) is 13.4. The molecule has 1 aromatic heterocycles. The quantitative estimate of drug-likeness (QED) is 0.720. The SMILES string of the molecule is COc1cc(OC)c(N(C)C(=O)Nc2cn(C)c(=O)c3ccccc23)cc1Cl. The Labute approximate surface area is 167 Å². The Morgan fingerprint density at radius 2 is 1.75 bits per heavy atom. The molecule has 1 N–H and O–H groups in total. The molecule has 0 aliphatic rings. The fourth-order valence-electron chi connectivity index (χ4n) is 2.93. The summed E-state index contributed by atoms with van der Waals surface area (Å²) in [6.07, 6.45) is 1.59. The summed E-state index contributed by atoms with van der Waals surface area (Å²) in [5, 5.41) is 4.38. The molecule has 0 fully saturated rings. The number of nitrogens with zero attached hydrogens (tertiary/aromatic N) is 2. The lowest BCUT2D eigenvalue weighted by atomic mass is 10.1. The van der Waals surface area contributed by atoms with Crippen molar-refractivity contribution in [2.75, 3.05) is 31.5 Å². The Morgan fingerprint density at radius 1 is 1.11 bits per heavy atom. The number of hydrogen-bond donors (Lipinski definition) is 1. The number of anilines is 2. The van der Waals surface area contributed by atoms with Gasteiger partial charge in [-0.15, -0.1) is 0 Å². The van der Waals surface area contributed by atoms with E-state index in [2.05, 4.69) is 5.32 Å². The first kappa shape index (κ1) is 19.6. The zero-order valence-corrected chi connectivity index (χ0v) is 16.7. The molecule has 146 valence electrons. The zero-order chi connectivity index (χ0) is 20.4. The molecule has 0 aliphatic carbocycles. The Bertz CT molecular complexity index is 1110. The number of halogens is 1. The molecule has 0 radical (unpaired) electrons. The topological polar surface area (TPSA) is 72.8 Å². The minimum absolute atomic E-state index is 0.134. The van der Waals surface area contributed by atoms with Crippen LogP contribution in [0.25, 0.3) is 10.8 Å². The van der Waals surface area contributed by atoms with Gasteiger partial charge in [0, 0.05) is 37.1 Å². The number of fused-ring (bicyclic) bond motifs is 1. The van der Waals surface area contributed by atoms with Gasteiger partial charge in [-0.1, -0.05) is 29.8 Å². The molecule has 0 saturated heterocycles. The van der Waals surface area contributed by atoms with Crippen LogP contribution in [0.4, 0.5) is 16.2 Å². The van der Waals surface area contributed by atoms with E-state index in [9.17, 15) is 9.59 Å². The van der Waals surface area contributed by atoms with Crippen LogP contribution in [0.5, 0.6) is 11.5 Å². The van der Waals surface area contributed by atoms with Crippen molar-refractivity contribution in [1.29, 1.82) is 0 Å². The van der Waals surface area contributed by atoms with Gasteiger partial charge in [0.05, 0.1) is 30.6 Å². The summed E-state index contributed by atoms with van der Waals surface area (Å²) in [5.74, 6) is 0.879. The summed E-state index contributed by atoms with van der Waals surface area (Å²) in [6.45, 7) is 0. The Morgan fingerprint density at radius 3 is 2.39 bits per heavy atom. The van der Waals surface area contributed by atoms with Crippen molar-refractivity contribution in [1.82, 2.24) is 4.57 Å². The van der Waals surface area contributed by atoms with Gasteiger partial charge < -0.3 is 19.4 Å². The van der Waals surface area contributed by atoms with Crippen LogP contribution >= 0.6 is 11.6 Å². The maximum absolute atomic E-state index is 12.9. The van der Waals surface area contributed by atoms with Gasteiger partial charge in [0.15, 0.2) is 0 Å². The number of ether oxygens (including phenoxy) is 2. The number of pyridine rings is 1. The number of hydrogen-bond acceptors (Lipinski definition) is 4. The number of carbonyl (C=O) groups excluding carboxylic acids is 1. The number of urea groups is 1. The number of aryl methyl sites for hydroxylation is 1. The van der Waals surface area contributed by atoms with Gasteiger partial charge in [0.1, 0.15) is 11.5 Å². The average molecular weight is 402 g/mol. The van der Waals surface area contributed by atoms with Crippen molar-refractivity contribution < 1.29 is 14.3 Å². The lowest BCUT2D eigenvalue weighted by Crippen LogP contribution is -2.32. The van der Waals surface area contributed by atoms with Crippen LogP contribution < -0.4 is 25.2 Å². The van der Waals surface area contributed by atoms with Crippen molar-refractivity contribution in [3.63, 3.8) is 0 Å². The number of rotatable bonds is 4. The minimum atomic E-state index is -0.414. The molecule has 0 bridgehead atoms. The van der Waals surface area contributed by atoms with E-state index in [1.165, 1.54) is 23.7 Å². The third-order valence-corrected chi connectivity index (χ3v) is 4.75. The van der Waals surface area contributed by atoms with Gasteiger partial charge in [-0.2, -0.15) is 0 Å². The average Bonchev–Trinajstić information content (AvgIpc) is 2.71. The lowest BCUT2D eigenvalue weighted by molar-refractivity contribution is 0.258. The molecule has 3 rings (SSSR count). The predicted octanol–water partition coefficient (Wildman–Crippen LogP) is 3.88. The molecule has 2 aromatic carbocycles. The van der Waals surface area contributed by atoms with Crippen LogP contribution in [0.3, 0.4) is 0 Å². The summed E-state index contributed by atoms with van der Waals surface area (Å²) < 4.78 is 12.0. The molecule has 0 atom stereocenters. The van der Waals surface area contributed by atoms with Gasteiger partial charge in [-0.25, -0.2) is 4.79 Å². The molecular formula is C20H20ClN3O4. The van der Waals surface area contributed by atoms with Gasteiger partial charge in [-0.3, -0.25) is 9.69 Å². The Kier molecular flexibility index (Phi) is 5.46. The normalized spacial score (nSPS) is 10.6. The van der Waals surface area contributed by atoms with E-state index in [1.807, 2.05) is 6.07 Å². The second kappa shape index (κ2) is 7.82. The van der Waals surface area contributed by atoms with E-state index in [1.54, 1.807) is 50.6 Å².